The molecule has 2 N–H and O–H groups in total. The molecule has 1 aliphatic heterocycles. The summed E-state index contributed by atoms with van der Waals surface area (Å²) in [7, 11) is 0. The van der Waals surface area contributed by atoms with Crippen LogP contribution in [0.5, 0.6) is 0 Å². The number of rotatable bonds is 4. The summed E-state index contributed by atoms with van der Waals surface area (Å²) in [6.45, 7) is 3.00. The van der Waals surface area contributed by atoms with E-state index in [4.69, 9.17) is 27.9 Å². The zero-order chi connectivity index (χ0) is 20.9. The van der Waals surface area contributed by atoms with Crippen LogP contribution in [0.1, 0.15) is 0 Å². The van der Waals surface area contributed by atoms with Crippen LogP contribution in [-0.4, -0.2) is 42.5 Å². The third kappa shape index (κ3) is 4.99. The van der Waals surface area contributed by atoms with E-state index in [1.807, 2.05) is 30.3 Å². The molecule has 2 amide bonds. The van der Waals surface area contributed by atoms with E-state index < -0.39 is 6.03 Å². The van der Waals surface area contributed by atoms with Crippen LogP contribution < -0.4 is 15.5 Å². The molecule has 1 aromatic heterocycles. The summed E-state index contributed by atoms with van der Waals surface area (Å²) in [4.78, 5) is 14.5. The minimum absolute atomic E-state index is 0.363. The van der Waals surface area contributed by atoms with Crippen LogP contribution in [0, 0.1) is 0 Å². The highest BCUT2D eigenvalue weighted by Crippen LogP contribution is 2.26. The number of urea groups is 1. The minimum atomic E-state index is -0.412. The smallest absolute Gasteiger partial charge is 0.323 e. The number of hydrogen-bond acceptors (Lipinski definition) is 5. The lowest BCUT2D eigenvalue weighted by Gasteiger charge is -2.27. The summed E-state index contributed by atoms with van der Waals surface area (Å²) in [6, 6.07) is 15.7. The molecular weight excluding hydrogens is 425 g/mol. The van der Waals surface area contributed by atoms with E-state index in [0.717, 1.165) is 30.2 Å². The summed E-state index contributed by atoms with van der Waals surface area (Å²) in [5, 5.41) is 15.0. The van der Waals surface area contributed by atoms with Gasteiger partial charge in [-0.2, -0.15) is 0 Å². The number of benzene rings is 2. The molecule has 0 unspecified atom stereocenters. The molecule has 1 saturated heterocycles. The molecule has 2 heterocycles. The molecule has 0 bridgehead atoms. The molecular formula is C21H19Cl2N5O2. The number of carbonyl (C=O) groups is 1. The van der Waals surface area contributed by atoms with Gasteiger partial charge in [-0.1, -0.05) is 35.3 Å². The Hall–Kier alpha value is -2.87. The topological polar surface area (TPSA) is 79.4 Å². The van der Waals surface area contributed by atoms with E-state index in [9.17, 15) is 4.79 Å². The van der Waals surface area contributed by atoms with Gasteiger partial charge in [0.15, 0.2) is 5.82 Å². The fourth-order valence-electron chi connectivity index (χ4n) is 3.07. The van der Waals surface area contributed by atoms with E-state index in [0.29, 0.717) is 34.6 Å². The lowest BCUT2D eigenvalue weighted by molar-refractivity contribution is 0.122. The van der Waals surface area contributed by atoms with Crippen molar-refractivity contribution in [3.8, 4) is 11.3 Å². The number of aromatic nitrogens is 2. The number of hydrogen-bond donors (Lipinski definition) is 2. The lowest BCUT2D eigenvalue weighted by atomic mass is 10.1. The Balaban J connectivity index is 1.43. The van der Waals surface area contributed by atoms with Gasteiger partial charge in [-0.05, 0) is 42.5 Å². The molecule has 0 atom stereocenters. The molecule has 4 rings (SSSR count). The van der Waals surface area contributed by atoms with Crippen LogP contribution in [-0.2, 0) is 4.74 Å². The number of amides is 2. The zero-order valence-electron chi connectivity index (χ0n) is 15.9. The van der Waals surface area contributed by atoms with Gasteiger partial charge in [0.2, 0.25) is 0 Å². The monoisotopic (exact) mass is 443 g/mol. The average molecular weight is 444 g/mol. The first kappa shape index (κ1) is 20.4. The van der Waals surface area contributed by atoms with E-state index in [1.165, 1.54) is 0 Å². The molecule has 0 spiro atoms. The molecule has 0 saturated carbocycles. The Morgan fingerprint density at radius 1 is 0.967 bits per heavy atom. The van der Waals surface area contributed by atoms with Crippen molar-refractivity contribution in [3.63, 3.8) is 0 Å². The van der Waals surface area contributed by atoms with Gasteiger partial charge in [-0.15, -0.1) is 10.2 Å². The Kier molecular flexibility index (Phi) is 6.32. The molecule has 3 aromatic rings. The lowest BCUT2D eigenvalue weighted by Crippen LogP contribution is -2.36. The Bertz CT molecular complexity index is 1040. The number of ether oxygens (including phenoxy) is 1. The second-order valence-electron chi connectivity index (χ2n) is 6.66. The number of nitrogens with zero attached hydrogens (tertiary/aromatic N) is 3. The zero-order valence-corrected chi connectivity index (χ0v) is 17.5. The van der Waals surface area contributed by atoms with E-state index in [-0.39, 0.29) is 0 Å². The Morgan fingerprint density at radius 2 is 1.80 bits per heavy atom. The summed E-state index contributed by atoms with van der Waals surface area (Å²) in [5.74, 6) is 0.829. The predicted molar refractivity (Wildman–Crippen MR) is 120 cm³/mol. The fraction of sp³-hybridized carbons (Fsp3) is 0.190. The highest BCUT2D eigenvalue weighted by molar-refractivity contribution is 6.36. The molecule has 0 radical (unpaired) electrons. The molecule has 154 valence electrons. The Morgan fingerprint density at radius 3 is 2.53 bits per heavy atom. The molecule has 7 nitrogen and oxygen atoms in total. The SMILES string of the molecule is O=C(Nc1cccc(-c2ccc(N3CCOCC3)nn2)c1)Nc1ccc(Cl)cc1Cl. The maximum atomic E-state index is 12.3. The highest BCUT2D eigenvalue weighted by atomic mass is 35.5. The molecule has 30 heavy (non-hydrogen) atoms. The summed E-state index contributed by atoms with van der Waals surface area (Å²) in [6.07, 6.45) is 0. The normalized spacial score (nSPS) is 13.7. The van der Waals surface area contributed by atoms with E-state index in [2.05, 4.69) is 25.7 Å². The summed E-state index contributed by atoms with van der Waals surface area (Å²) in [5.41, 5.74) is 2.66. The van der Waals surface area contributed by atoms with Gasteiger partial charge in [0.1, 0.15) is 0 Å². The number of anilines is 3. The first-order chi connectivity index (χ1) is 14.6. The van der Waals surface area contributed by atoms with Crippen LogP contribution >= 0.6 is 23.2 Å². The minimum Gasteiger partial charge on any atom is -0.378 e. The van der Waals surface area contributed by atoms with Crippen molar-refractivity contribution in [1.82, 2.24) is 10.2 Å². The van der Waals surface area contributed by atoms with Crippen LogP contribution in [0.15, 0.2) is 54.6 Å². The van der Waals surface area contributed by atoms with Crippen LogP contribution in [0.3, 0.4) is 0 Å². The van der Waals surface area contributed by atoms with Gasteiger partial charge < -0.3 is 20.3 Å². The predicted octanol–water partition coefficient (Wildman–Crippen LogP) is 4.93. The third-order valence-corrected chi connectivity index (χ3v) is 5.13. The van der Waals surface area contributed by atoms with Gasteiger partial charge in [0.05, 0.1) is 29.6 Å². The van der Waals surface area contributed by atoms with Crippen molar-refractivity contribution in [1.29, 1.82) is 0 Å². The molecule has 1 fully saturated rings. The molecule has 9 heteroatoms. The van der Waals surface area contributed by atoms with Gasteiger partial charge in [-0.25, -0.2) is 4.79 Å². The van der Waals surface area contributed by atoms with Crippen molar-refractivity contribution in [2.45, 2.75) is 0 Å². The summed E-state index contributed by atoms with van der Waals surface area (Å²) < 4.78 is 5.37. The standard InChI is InChI=1S/C21H19Cl2N5O2/c22-15-4-5-19(17(23)13-15)25-21(29)24-16-3-1-2-14(12-16)18-6-7-20(27-26-18)28-8-10-30-11-9-28/h1-7,12-13H,8-11H2,(H2,24,25,29). The second kappa shape index (κ2) is 9.30. The maximum absolute atomic E-state index is 12.3. The third-order valence-electron chi connectivity index (χ3n) is 4.58. The molecule has 1 aliphatic rings. The maximum Gasteiger partial charge on any atom is 0.323 e. The van der Waals surface area contributed by atoms with Crippen molar-refractivity contribution in [3.05, 3.63) is 64.6 Å². The van der Waals surface area contributed by atoms with Gasteiger partial charge >= 0.3 is 6.03 Å². The largest absolute Gasteiger partial charge is 0.378 e. The Labute approximate surface area is 184 Å². The number of halogens is 2. The van der Waals surface area contributed by atoms with Crippen molar-refractivity contribution in [2.75, 3.05) is 41.8 Å². The van der Waals surface area contributed by atoms with Gasteiger partial charge in [0.25, 0.3) is 0 Å². The first-order valence-electron chi connectivity index (χ1n) is 9.38. The summed E-state index contributed by atoms with van der Waals surface area (Å²) >= 11 is 12.0. The number of morpholine rings is 1. The van der Waals surface area contributed by atoms with Gasteiger partial charge in [-0.3, -0.25) is 0 Å². The fourth-order valence-corrected chi connectivity index (χ4v) is 3.53. The molecule has 2 aromatic carbocycles. The number of carbonyl (C=O) groups excluding carboxylic acids is 1. The molecule has 0 aliphatic carbocycles. The highest BCUT2D eigenvalue weighted by Gasteiger charge is 2.13. The average Bonchev–Trinajstić information content (AvgIpc) is 2.77. The van der Waals surface area contributed by atoms with Crippen molar-refractivity contribution >= 4 is 46.4 Å². The van der Waals surface area contributed by atoms with Crippen molar-refractivity contribution < 1.29 is 9.53 Å². The van der Waals surface area contributed by atoms with Gasteiger partial charge in [0, 0.05) is 29.4 Å². The first-order valence-corrected chi connectivity index (χ1v) is 10.1. The van der Waals surface area contributed by atoms with Crippen LogP contribution in [0.2, 0.25) is 10.0 Å². The van der Waals surface area contributed by atoms with E-state index >= 15 is 0 Å². The van der Waals surface area contributed by atoms with Crippen molar-refractivity contribution in [2.24, 2.45) is 0 Å². The number of nitrogens with one attached hydrogen (secondary N) is 2. The second-order valence-corrected chi connectivity index (χ2v) is 7.50. The van der Waals surface area contributed by atoms with Crippen LogP contribution in [0.4, 0.5) is 22.0 Å². The van der Waals surface area contributed by atoms with Crippen LogP contribution in [0.25, 0.3) is 11.3 Å². The van der Waals surface area contributed by atoms with E-state index in [1.54, 1.807) is 24.3 Å². The quantitative estimate of drug-likeness (QED) is 0.597.